The lowest BCUT2D eigenvalue weighted by atomic mass is 10.0. The van der Waals surface area contributed by atoms with Gasteiger partial charge in [-0.05, 0) is 29.8 Å². The molecule has 3 aromatic rings. The van der Waals surface area contributed by atoms with E-state index in [2.05, 4.69) is 16.0 Å². The lowest BCUT2D eigenvalue weighted by Gasteiger charge is -2.23. The van der Waals surface area contributed by atoms with Gasteiger partial charge in [-0.3, -0.25) is 0 Å². The third-order valence-corrected chi connectivity index (χ3v) is 4.32. The summed E-state index contributed by atoms with van der Waals surface area (Å²) >= 11 is 0. The molecule has 5 nitrogen and oxygen atoms in total. The molecule has 4 rings (SSSR count). The number of aromatic amines is 1. The summed E-state index contributed by atoms with van der Waals surface area (Å²) in [6, 6.07) is 11.9. The summed E-state index contributed by atoms with van der Waals surface area (Å²) in [7, 11) is 0. The molecular formula is C19H17N3O2. The maximum atomic E-state index is 9.51. The first kappa shape index (κ1) is 14.7. The number of fused-ring (bicyclic) bond motifs is 1. The van der Waals surface area contributed by atoms with Crippen molar-refractivity contribution in [3.63, 3.8) is 0 Å². The van der Waals surface area contributed by atoms with Crippen molar-refractivity contribution in [2.45, 2.75) is 18.9 Å². The van der Waals surface area contributed by atoms with E-state index in [4.69, 9.17) is 9.47 Å². The predicted octanol–water partition coefficient (Wildman–Crippen LogP) is 3.66. The van der Waals surface area contributed by atoms with Crippen LogP contribution >= 0.6 is 0 Å². The zero-order valence-electron chi connectivity index (χ0n) is 13.2. The minimum atomic E-state index is 0.119. The topological polar surface area (TPSA) is 70.9 Å². The number of nitriles is 1. The Bertz CT molecular complexity index is 904. The Kier molecular flexibility index (Phi) is 3.89. The summed E-state index contributed by atoms with van der Waals surface area (Å²) < 4.78 is 11.4. The van der Waals surface area contributed by atoms with Crippen molar-refractivity contribution in [1.82, 2.24) is 9.97 Å². The second-order valence-corrected chi connectivity index (χ2v) is 5.85. The number of aromatic nitrogens is 2. The zero-order chi connectivity index (χ0) is 16.4. The molecule has 0 unspecified atom stereocenters. The normalized spacial score (nSPS) is 15.3. The molecular weight excluding hydrogens is 302 g/mol. The molecule has 0 atom stereocenters. The van der Waals surface area contributed by atoms with Crippen LogP contribution in [0.5, 0.6) is 5.75 Å². The van der Waals surface area contributed by atoms with E-state index >= 15 is 0 Å². The molecule has 0 aliphatic carbocycles. The average Bonchev–Trinajstić information content (AvgIpc) is 3.07. The molecule has 1 aliphatic rings. The van der Waals surface area contributed by atoms with E-state index in [1.807, 2.05) is 36.5 Å². The van der Waals surface area contributed by atoms with Gasteiger partial charge >= 0.3 is 0 Å². The van der Waals surface area contributed by atoms with E-state index in [9.17, 15) is 5.26 Å². The van der Waals surface area contributed by atoms with Gasteiger partial charge in [0.2, 0.25) is 0 Å². The fourth-order valence-corrected chi connectivity index (χ4v) is 3.06. The molecule has 24 heavy (non-hydrogen) atoms. The summed E-state index contributed by atoms with van der Waals surface area (Å²) in [5.41, 5.74) is 3.41. The summed E-state index contributed by atoms with van der Waals surface area (Å²) in [5, 5.41) is 10.5. The third kappa shape index (κ3) is 2.72. The third-order valence-electron chi connectivity index (χ3n) is 4.32. The Morgan fingerprint density at radius 2 is 2.12 bits per heavy atom. The highest BCUT2D eigenvalue weighted by atomic mass is 16.5. The summed E-state index contributed by atoms with van der Waals surface area (Å²) in [6.07, 6.45) is 5.52. The number of nitrogens with one attached hydrogen (secondary N) is 1. The van der Waals surface area contributed by atoms with Gasteiger partial charge in [0, 0.05) is 36.2 Å². The summed E-state index contributed by atoms with van der Waals surface area (Å²) in [4.78, 5) is 7.47. The highest BCUT2D eigenvalue weighted by Crippen LogP contribution is 2.32. The molecule has 0 spiro atoms. The Labute approximate surface area is 139 Å². The van der Waals surface area contributed by atoms with Crippen LogP contribution in [0.3, 0.4) is 0 Å². The van der Waals surface area contributed by atoms with Gasteiger partial charge in [-0.1, -0.05) is 6.07 Å². The van der Waals surface area contributed by atoms with E-state index in [1.165, 1.54) is 0 Å². The maximum absolute atomic E-state index is 9.51. The number of benzene rings is 1. The van der Waals surface area contributed by atoms with Gasteiger partial charge in [0.1, 0.15) is 23.6 Å². The largest absolute Gasteiger partial charge is 0.489 e. The number of ether oxygens (including phenoxy) is 2. The number of pyridine rings is 1. The van der Waals surface area contributed by atoms with Gasteiger partial charge in [-0.2, -0.15) is 5.26 Å². The number of nitrogens with zero attached hydrogens (tertiary/aromatic N) is 2. The fraction of sp³-hybridized carbons (Fsp3) is 0.263. The molecule has 5 heteroatoms. The molecule has 0 bridgehead atoms. The van der Waals surface area contributed by atoms with E-state index in [0.717, 1.165) is 35.0 Å². The van der Waals surface area contributed by atoms with Crippen molar-refractivity contribution in [3.05, 3.63) is 48.3 Å². The van der Waals surface area contributed by atoms with Crippen molar-refractivity contribution < 1.29 is 9.47 Å². The van der Waals surface area contributed by atoms with Crippen LogP contribution in [0, 0.1) is 11.3 Å². The molecule has 3 heterocycles. The van der Waals surface area contributed by atoms with Crippen molar-refractivity contribution in [1.29, 1.82) is 5.26 Å². The van der Waals surface area contributed by atoms with Crippen LogP contribution in [-0.4, -0.2) is 29.3 Å². The van der Waals surface area contributed by atoms with Crippen molar-refractivity contribution in [2.24, 2.45) is 0 Å². The average molecular weight is 319 g/mol. The van der Waals surface area contributed by atoms with Gasteiger partial charge in [-0.15, -0.1) is 0 Å². The first-order valence-electron chi connectivity index (χ1n) is 8.06. The molecule has 0 saturated carbocycles. The maximum Gasteiger partial charge on any atom is 0.137 e. The van der Waals surface area contributed by atoms with E-state index in [-0.39, 0.29) is 6.10 Å². The molecule has 2 aromatic heterocycles. The lowest BCUT2D eigenvalue weighted by molar-refractivity contribution is 0.0254. The van der Waals surface area contributed by atoms with E-state index in [1.54, 1.807) is 6.20 Å². The highest BCUT2D eigenvalue weighted by Gasteiger charge is 2.17. The predicted molar refractivity (Wildman–Crippen MR) is 90.7 cm³/mol. The lowest BCUT2D eigenvalue weighted by Crippen LogP contribution is -2.26. The number of rotatable bonds is 3. The molecule has 1 aromatic carbocycles. The van der Waals surface area contributed by atoms with E-state index in [0.29, 0.717) is 24.5 Å². The van der Waals surface area contributed by atoms with Crippen LogP contribution in [0.2, 0.25) is 0 Å². The second-order valence-electron chi connectivity index (χ2n) is 5.85. The van der Waals surface area contributed by atoms with Gasteiger partial charge < -0.3 is 14.5 Å². The minimum absolute atomic E-state index is 0.119. The van der Waals surface area contributed by atoms with Crippen LogP contribution in [0.1, 0.15) is 18.4 Å². The van der Waals surface area contributed by atoms with Gasteiger partial charge in [-0.25, -0.2) is 4.98 Å². The molecule has 1 aliphatic heterocycles. The summed E-state index contributed by atoms with van der Waals surface area (Å²) in [5.74, 6) is 0.645. The second kappa shape index (κ2) is 6.34. The monoisotopic (exact) mass is 319 g/mol. The van der Waals surface area contributed by atoms with Crippen LogP contribution in [0.4, 0.5) is 0 Å². The smallest absolute Gasteiger partial charge is 0.137 e. The summed E-state index contributed by atoms with van der Waals surface area (Å²) in [6.45, 7) is 1.43. The van der Waals surface area contributed by atoms with Gasteiger partial charge in [0.05, 0.1) is 18.8 Å². The van der Waals surface area contributed by atoms with Gasteiger partial charge in [0.25, 0.3) is 0 Å². The molecule has 0 amide bonds. The molecule has 1 N–H and O–H groups in total. The van der Waals surface area contributed by atoms with E-state index < -0.39 is 0 Å². The number of H-pyrrole nitrogens is 1. The zero-order valence-corrected chi connectivity index (χ0v) is 13.2. The van der Waals surface area contributed by atoms with Crippen molar-refractivity contribution >= 4 is 11.0 Å². The molecule has 120 valence electrons. The Morgan fingerprint density at radius 3 is 2.96 bits per heavy atom. The first-order valence-corrected chi connectivity index (χ1v) is 8.06. The number of hydrogen-bond acceptors (Lipinski definition) is 4. The van der Waals surface area contributed by atoms with Crippen LogP contribution in [-0.2, 0) is 4.74 Å². The van der Waals surface area contributed by atoms with Crippen LogP contribution in [0.15, 0.2) is 42.7 Å². The van der Waals surface area contributed by atoms with Crippen molar-refractivity contribution in [2.75, 3.05) is 13.2 Å². The molecule has 0 radical (unpaired) electrons. The minimum Gasteiger partial charge on any atom is -0.489 e. The molecule has 1 fully saturated rings. The molecule has 1 saturated heterocycles. The Hall–Kier alpha value is -2.84. The van der Waals surface area contributed by atoms with Crippen LogP contribution in [0.25, 0.3) is 22.2 Å². The Morgan fingerprint density at radius 1 is 1.25 bits per heavy atom. The quantitative estimate of drug-likeness (QED) is 0.800. The highest BCUT2D eigenvalue weighted by molar-refractivity contribution is 5.93. The van der Waals surface area contributed by atoms with Gasteiger partial charge in [0.15, 0.2) is 0 Å². The number of hydrogen-bond donors (Lipinski definition) is 1. The Balaban J connectivity index is 1.67. The van der Waals surface area contributed by atoms with Crippen molar-refractivity contribution in [3.8, 4) is 22.9 Å². The first-order chi connectivity index (χ1) is 11.8. The SMILES string of the molecule is N#Cc1cc(-c2c[nH]c3ncccc23)ccc1OC1CCOCC1. The standard InChI is InChI=1S/C19H17N3O2/c20-11-14-10-13(17-12-22-19-16(17)2-1-7-21-19)3-4-18(14)24-15-5-8-23-9-6-15/h1-4,7,10,12,15H,5-6,8-9H2,(H,21,22). The fourth-order valence-electron chi connectivity index (χ4n) is 3.06. The van der Waals surface area contributed by atoms with Crippen LogP contribution < -0.4 is 4.74 Å².